The molecule has 0 heterocycles. The molecule has 0 aromatic heterocycles. The monoisotopic (exact) mass is 182 g/mol. The van der Waals surface area contributed by atoms with Crippen LogP contribution in [-0.2, 0) is 0 Å². The van der Waals surface area contributed by atoms with E-state index in [4.69, 9.17) is 0 Å². The largest absolute Gasteiger partial charge is 0.268 e. The summed E-state index contributed by atoms with van der Waals surface area (Å²) < 4.78 is 0. The van der Waals surface area contributed by atoms with Crippen LogP contribution in [0.1, 0.15) is 48.0 Å². The van der Waals surface area contributed by atoms with Gasteiger partial charge < -0.3 is 0 Å². The lowest BCUT2D eigenvalue weighted by atomic mass is 10.1. The highest BCUT2D eigenvalue weighted by atomic mass is 14.9. The second-order valence-corrected chi connectivity index (χ2v) is 3.84. The van der Waals surface area contributed by atoms with Crippen molar-refractivity contribution >= 4 is 11.5 Å². The lowest BCUT2D eigenvalue weighted by molar-refractivity contribution is 0.715. The maximum Gasteiger partial charge on any atom is 0.120 e. The third-order valence-corrected chi connectivity index (χ3v) is 2.17. The molecule has 2 nitrogen and oxygen atoms in total. The number of rotatable bonds is 3. The Labute approximate surface area is 82.2 Å². The maximum atomic E-state index is 4.45. The van der Waals surface area contributed by atoms with Crippen LogP contribution in [0.5, 0.6) is 0 Å². The zero-order chi connectivity index (χ0) is 10.4. The third kappa shape index (κ3) is 5.56. The van der Waals surface area contributed by atoms with E-state index < -0.39 is 0 Å². The molecule has 0 spiro atoms. The van der Waals surface area contributed by atoms with Crippen molar-refractivity contribution in [2.24, 2.45) is 15.9 Å². The zero-order valence-electron chi connectivity index (χ0n) is 9.76. The molecule has 1 atom stereocenters. The molecule has 0 saturated heterocycles. The summed E-state index contributed by atoms with van der Waals surface area (Å²) in [6.45, 7) is 12.6. The standard InChI is InChI=1S/C11H22N2/c1-7-9(4)12-11(6)13-10(5)8(2)3/h8-9H,7H2,1-6H3. The molecule has 0 aliphatic carbocycles. The molecular formula is C11H22N2. The smallest absolute Gasteiger partial charge is 0.120 e. The normalized spacial score (nSPS) is 16.5. The van der Waals surface area contributed by atoms with Crippen LogP contribution in [0.3, 0.4) is 0 Å². The van der Waals surface area contributed by atoms with Gasteiger partial charge in [-0.1, -0.05) is 20.8 Å². The quantitative estimate of drug-likeness (QED) is 0.472. The number of hydrogen-bond acceptors (Lipinski definition) is 1. The number of amidine groups is 1. The number of hydrogen-bond donors (Lipinski definition) is 0. The van der Waals surface area contributed by atoms with E-state index >= 15 is 0 Å². The van der Waals surface area contributed by atoms with Crippen molar-refractivity contribution in [1.82, 2.24) is 0 Å². The Bertz CT molecular complexity index is 202. The first-order valence-corrected chi connectivity index (χ1v) is 5.07. The van der Waals surface area contributed by atoms with Crippen LogP contribution in [-0.4, -0.2) is 17.6 Å². The van der Waals surface area contributed by atoms with Gasteiger partial charge in [0.1, 0.15) is 5.84 Å². The van der Waals surface area contributed by atoms with Crippen molar-refractivity contribution in [2.75, 3.05) is 0 Å². The van der Waals surface area contributed by atoms with Crippen LogP contribution in [0.25, 0.3) is 0 Å². The predicted octanol–water partition coefficient (Wildman–Crippen LogP) is 3.32. The van der Waals surface area contributed by atoms with Gasteiger partial charge in [-0.25, -0.2) is 4.99 Å². The topological polar surface area (TPSA) is 24.7 Å². The second-order valence-electron chi connectivity index (χ2n) is 3.84. The van der Waals surface area contributed by atoms with E-state index in [9.17, 15) is 0 Å². The van der Waals surface area contributed by atoms with Gasteiger partial charge in [0.15, 0.2) is 0 Å². The molecule has 76 valence electrons. The Balaban J connectivity index is 4.35. The molecular weight excluding hydrogens is 160 g/mol. The Morgan fingerprint density at radius 2 is 1.69 bits per heavy atom. The van der Waals surface area contributed by atoms with E-state index in [1.807, 2.05) is 6.92 Å². The number of aliphatic imine (C=N–C) groups is 2. The zero-order valence-corrected chi connectivity index (χ0v) is 9.76. The van der Waals surface area contributed by atoms with Gasteiger partial charge in [-0.2, -0.15) is 0 Å². The van der Waals surface area contributed by atoms with Gasteiger partial charge in [0, 0.05) is 11.8 Å². The summed E-state index contributed by atoms with van der Waals surface area (Å²) in [5.74, 6) is 1.42. The minimum Gasteiger partial charge on any atom is -0.268 e. The van der Waals surface area contributed by atoms with Crippen LogP contribution < -0.4 is 0 Å². The lowest BCUT2D eigenvalue weighted by Crippen LogP contribution is -2.06. The van der Waals surface area contributed by atoms with Crippen LogP contribution in [0.4, 0.5) is 0 Å². The van der Waals surface area contributed by atoms with E-state index in [1.165, 1.54) is 0 Å². The molecule has 0 bridgehead atoms. The molecule has 2 heteroatoms. The van der Waals surface area contributed by atoms with Crippen molar-refractivity contribution in [3.05, 3.63) is 0 Å². The van der Waals surface area contributed by atoms with Crippen LogP contribution >= 0.6 is 0 Å². The van der Waals surface area contributed by atoms with Gasteiger partial charge in [0.05, 0.1) is 0 Å². The molecule has 0 fully saturated rings. The summed E-state index contributed by atoms with van der Waals surface area (Å²) in [5, 5.41) is 0. The first kappa shape index (κ1) is 12.3. The first-order valence-electron chi connectivity index (χ1n) is 5.07. The molecule has 0 aliphatic rings. The lowest BCUT2D eigenvalue weighted by Gasteiger charge is -2.05. The molecule has 0 N–H and O–H groups in total. The highest BCUT2D eigenvalue weighted by molar-refractivity contribution is 5.96. The van der Waals surface area contributed by atoms with Gasteiger partial charge in [0.2, 0.25) is 0 Å². The second kappa shape index (κ2) is 5.90. The average Bonchev–Trinajstić information content (AvgIpc) is 2.03. The summed E-state index contributed by atoms with van der Waals surface area (Å²) in [5.41, 5.74) is 1.16. The molecule has 0 rings (SSSR count). The molecule has 0 aliphatic heterocycles. The first-order chi connectivity index (χ1) is 5.97. The van der Waals surface area contributed by atoms with Gasteiger partial charge in [-0.15, -0.1) is 0 Å². The maximum absolute atomic E-state index is 4.45. The predicted molar refractivity (Wildman–Crippen MR) is 60.8 cm³/mol. The molecule has 0 amide bonds. The molecule has 13 heavy (non-hydrogen) atoms. The van der Waals surface area contributed by atoms with E-state index in [-0.39, 0.29) is 0 Å². The summed E-state index contributed by atoms with van der Waals surface area (Å²) >= 11 is 0. The molecule has 0 aromatic rings. The number of nitrogens with zero attached hydrogens (tertiary/aromatic N) is 2. The molecule has 0 aromatic carbocycles. The minimum absolute atomic E-state index is 0.392. The van der Waals surface area contributed by atoms with Crippen molar-refractivity contribution < 1.29 is 0 Å². The summed E-state index contributed by atoms with van der Waals surface area (Å²) in [6, 6.07) is 0.392. The Hall–Kier alpha value is -0.660. The summed E-state index contributed by atoms with van der Waals surface area (Å²) in [7, 11) is 0. The van der Waals surface area contributed by atoms with Gasteiger partial charge in [0.25, 0.3) is 0 Å². The van der Waals surface area contributed by atoms with Gasteiger partial charge in [-0.05, 0) is 33.1 Å². The Kier molecular flexibility index (Phi) is 5.60. The third-order valence-electron chi connectivity index (χ3n) is 2.17. The van der Waals surface area contributed by atoms with Crippen molar-refractivity contribution in [3.8, 4) is 0 Å². The summed E-state index contributed by atoms with van der Waals surface area (Å²) in [6.07, 6.45) is 1.08. The fourth-order valence-corrected chi connectivity index (χ4v) is 0.823. The van der Waals surface area contributed by atoms with Gasteiger partial charge >= 0.3 is 0 Å². The molecule has 0 saturated carbocycles. The Morgan fingerprint density at radius 1 is 1.15 bits per heavy atom. The fraction of sp³-hybridized carbons (Fsp3) is 0.818. The van der Waals surface area contributed by atoms with Crippen LogP contribution in [0, 0.1) is 5.92 Å². The molecule has 0 radical (unpaired) electrons. The van der Waals surface area contributed by atoms with Crippen LogP contribution in [0.15, 0.2) is 9.98 Å². The fourth-order valence-electron chi connectivity index (χ4n) is 0.823. The van der Waals surface area contributed by atoms with E-state index in [0.29, 0.717) is 12.0 Å². The van der Waals surface area contributed by atoms with E-state index in [0.717, 1.165) is 18.0 Å². The minimum atomic E-state index is 0.392. The average molecular weight is 182 g/mol. The summed E-state index contributed by atoms with van der Waals surface area (Å²) in [4.78, 5) is 8.88. The highest BCUT2D eigenvalue weighted by Crippen LogP contribution is 2.00. The molecule has 1 unspecified atom stereocenters. The van der Waals surface area contributed by atoms with E-state index in [2.05, 4.69) is 44.6 Å². The Morgan fingerprint density at radius 3 is 2.08 bits per heavy atom. The SMILES string of the molecule is CCC(C)N=C(C)N=C(C)C(C)C. The highest BCUT2D eigenvalue weighted by Gasteiger charge is 1.99. The van der Waals surface area contributed by atoms with Crippen molar-refractivity contribution in [1.29, 1.82) is 0 Å². The van der Waals surface area contributed by atoms with Crippen molar-refractivity contribution in [2.45, 2.75) is 54.0 Å². The van der Waals surface area contributed by atoms with Gasteiger partial charge in [-0.3, -0.25) is 4.99 Å². The van der Waals surface area contributed by atoms with Crippen LogP contribution in [0.2, 0.25) is 0 Å². The van der Waals surface area contributed by atoms with Crippen molar-refractivity contribution in [3.63, 3.8) is 0 Å². The van der Waals surface area contributed by atoms with E-state index in [1.54, 1.807) is 0 Å².